The first kappa shape index (κ1) is 22.9. The molecule has 0 bridgehead atoms. The van der Waals surface area contributed by atoms with E-state index in [0.29, 0.717) is 5.92 Å². The van der Waals surface area contributed by atoms with Gasteiger partial charge in [-0.05, 0) is 67.2 Å². The van der Waals surface area contributed by atoms with E-state index in [4.69, 9.17) is 0 Å². The van der Waals surface area contributed by atoms with Crippen LogP contribution in [-0.4, -0.2) is 40.9 Å². The Morgan fingerprint density at radius 1 is 1.09 bits per heavy atom. The molecule has 5 heteroatoms. The SMILES string of the molecule is CC(C)Cc1cccc([C@@H](C)NC(=O)N2CCC[C@H]3C(=O)N4CCc5ccccc5[C@@H]4C[C@H]32)c1. The predicted octanol–water partition coefficient (Wildman–Crippen LogP) is 5.27. The minimum absolute atomic E-state index is 0.0341. The predicted molar refractivity (Wildman–Crippen MR) is 134 cm³/mol. The molecule has 5 rings (SSSR count). The summed E-state index contributed by atoms with van der Waals surface area (Å²) in [5, 5.41) is 3.25. The van der Waals surface area contributed by atoms with Crippen LogP contribution in [0.5, 0.6) is 0 Å². The maximum absolute atomic E-state index is 13.5. The van der Waals surface area contributed by atoms with Gasteiger partial charge in [0.2, 0.25) is 5.91 Å². The van der Waals surface area contributed by atoms with Gasteiger partial charge in [-0.2, -0.15) is 0 Å². The molecule has 2 aromatic carbocycles. The number of nitrogens with one attached hydrogen (secondary N) is 1. The van der Waals surface area contributed by atoms with Gasteiger partial charge in [-0.3, -0.25) is 4.79 Å². The zero-order valence-corrected chi connectivity index (χ0v) is 20.7. The molecule has 2 saturated heterocycles. The Morgan fingerprint density at radius 3 is 2.74 bits per heavy atom. The number of carbonyl (C=O) groups excluding carboxylic acids is 2. The molecule has 0 spiro atoms. The molecule has 2 aromatic rings. The average Bonchev–Trinajstić information content (AvgIpc) is 2.83. The fourth-order valence-corrected chi connectivity index (χ4v) is 6.31. The number of carbonyl (C=O) groups is 2. The lowest BCUT2D eigenvalue weighted by molar-refractivity contribution is -0.148. The zero-order valence-electron chi connectivity index (χ0n) is 20.7. The molecule has 0 aliphatic carbocycles. The Hall–Kier alpha value is -2.82. The van der Waals surface area contributed by atoms with E-state index in [1.54, 1.807) is 0 Å². The van der Waals surface area contributed by atoms with Crippen molar-refractivity contribution in [1.82, 2.24) is 15.1 Å². The van der Waals surface area contributed by atoms with Crippen molar-refractivity contribution in [2.45, 2.75) is 71.0 Å². The molecular formula is C29H37N3O2. The van der Waals surface area contributed by atoms with Crippen LogP contribution >= 0.6 is 0 Å². The van der Waals surface area contributed by atoms with Crippen LogP contribution < -0.4 is 5.32 Å². The molecule has 2 fully saturated rings. The molecule has 3 aliphatic heterocycles. The number of amides is 3. The highest BCUT2D eigenvalue weighted by atomic mass is 16.2. The molecule has 34 heavy (non-hydrogen) atoms. The number of nitrogens with zero attached hydrogens (tertiary/aromatic N) is 2. The minimum Gasteiger partial charge on any atom is -0.335 e. The molecule has 3 aliphatic rings. The van der Waals surface area contributed by atoms with Crippen molar-refractivity contribution in [2.75, 3.05) is 13.1 Å². The Bertz CT molecular complexity index is 1060. The van der Waals surface area contributed by atoms with Gasteiger partial charge in [0.1, 0.15) is 0 Å². The van der Waals surface area contributed by atoms with Crippen LogP contribution in [0.15, 0.2) is 48.5 Å². The molecule has 3 amide bonds. The summed E-state index contributed by atoms with van der Waals surface area (Å²) in [5.74, 6) is 0.757. The molecule has 5 nitrogen and oxygen atoms in total. The third-order valence-electron chi connectivity index (χ3n) is 7.95. The van der Waals surface area contributed by atoms with Crippen molar-refractivity contribution < 1.29 is 9.59 Å². The normalized spacial score (nSPS) is 24.8. The number of hydrogen-bond acceptors (Lipinski definition) is 2. The second-order valence-electron chi connectivity index (χ2n) is 10.8. The summed E-state index contributed by atoms with van der Waals surface area (Å²) in [7, 11) is 0. The maximum Gasteiger partial charge on any atom is 0.318 e. The highest BCUT2D eigenvalue weighted by Gasteiger charge is 2.48. The third-order valence-corrected chi connectivity index (χ3v) is 7.95. The lowest BCUT2D eigenvalue weighted by atomic mass is 9.76. The monoisotopic (exact) mass is 459 g/mol. The first-order valence-electron chi connectivity index (χ1n) is 13.0. The van der Waals surface area contributed by atoms with E-state index < -0.39 is 0 Å². The number of benzene rings is 2. The van der Waals surface area contributed by atoms with Gasteiger partial charge in [-0.1, -0.05) is 62.4 Å². The van der Waals surface area contributed by atoms with Gasteiger partial charge in [0, 0.05) is 19.1 Å². The summed E-state index contributed by atoms with van der Waals surface area (Å²) < 4.78 is 0. The van der Waals surface area contributed by atoms with E-state index >= 15 is 0 Å². The average molecular weight is 460 g/mol. The van der Waals surface area contributed by atoms with Gasteiger partial charge in [0.05, 0.1) is 18.0 Å². The van der Waals surface area contributed by atoms with Crippen molar-refractivity contribution in [3.63, 3.8) is 0 Å². The van der Waals surface area contributed by atoms with Crippen molar-refractivity contribution in [2.24, 2.45) is 11.8 Å². The van der Waals surface area contributed by atoms with Gasteiger partial charge in [-0.15, -0.1) is 0 Å². The number of likely N-dealkylation sites (tertiary alicyclic amines) is 1. The highest BCUT2D eigenvalue weighted by Crippen LogP contribution is 2.43. The number of fused-ring (bicyclic) bond motifs is 4. The van der Waals surface area contributed by atoms with Crippen LogP contribution in [0.25, 0.3) is 0 Å². The van der Waals surface area contributed by atoms with Crippen LogP contribution in [0.3, 0.4) is 0 Å². The summed E-state index contributed by atoms with van der Waals surface area (Å²) >= 11 is 0. The third kappa shape index (κ3) is 4.33. The molecule has 180 valence electrons. The molecule has 0 aromatic heterocycles. The fourth-order valence-electron chi connectivity index (χ4n) is 6.31. The summed E-state index contributed by atoms with van der Waals surface area (Å²) in [5.41, 5.74) is 5.05. The summed E-state index contributed by atoms with van der Waals surface area (Å²) in [6.07, 6.45) is 4.55. The van der Waals surface area contributed by atoms with Crippen LogP contribution in [0.1, 0.15) is 74.4 Å². The van der Waals surface area contributed by atoms with Gasteiger partial charge in [-0.25, -0.2) is 4.79 Å². The molecule has 4 atom stereocenters. The second-order valence-corrected chi connectivity index (χ2v) is 10.8. The zero-order chi connectivity index (χ0) is 23.8. The molecule has 1 N–H and O–H groups in total. The van der Waals surface area contributed by atoms with Crippen LogP contribution in [0.2, 0.25) is 0 Å². The highest BCUT2D eigenvalue weighted by molar-refractivity contribution is 5.83. The molecule has 0 radical (unpaired) electrons. The van der Waals surface area contributed by atoms with E-state index in [-0.39, 0.29) is 36.0 Å². The smallest absolute Gasteiger partial charge is 0.318 e. The standard InChI is InChI=1S/C29H37N3O2/c1-19(2)16-21-8-6-10-23(17-21)20(3)30-29(34)32-14-7-12-25-27(32)18-26-24-11-5-4-9-22(24)13-15-31(26)28(25)33/h4-6,8-11,17,19-20,25-27H,7,12-16,18H2,1-3H3,(H,30,34)/t20-,25-,26+,27-/m1/s1. The van der Waals surface area contributed by atoms with Crippen LogP contribution in [-0.2, 0) is 17.6 Å². The summed E-state index contributed by atoms with van der Waals surface area (Å²) in [6, 6.07) is 17.0. The van der Waals surface area contributed by atoms with Gasteiger partial charge < -0.3 is 15.1 Å². The Balaban J connectivity index is 1.33. The molecule has 0 unspecified atom stereocenters. The van der Waals surface area contributed by atoms with Crippen LogP contribution in [0, 0.1) is 11.8 Å². The molecular weight excluding hydrogens is 422 g/mol. The van der Waals surface area contributed by atoms with E-state index in [2.05, 4.69) is 79.5 Å². The topological polar surface area (TPSA) is 52.7 Å². The molecule has 3 heterocycles. The van der Waals surface area contributed by atoms with E-state index in [1.807, 2.05) is 4.90 Å². The van der Waals surface area contributed by atoms with E-state index in [0.717, 1.165) is 50.8 Å². The number of piperidine rings is 2. The Morgan fingerprint density at radius 2 is 1.91 bits per heavy atom. The summed E-state index contributed by atoms with van der Waals surface area (Å²) in [4.78, 5) is 31.1. The lowest BCUT2D eigenvalue weighted by Crippen LogP contribution is -2.61. The van der Waals surface area contributed by atoms with Crippen molar-refractivity contribution in [3.05, 3.63) is 70.8 Å². The second kappa shape index (κ2) is 9.44. The Kier molecular flexibility index (Phi) is 6.37. The van der Waals surface area contributed by atoms with Gasteiger partial charge in [0.25, 0.3) is 0 Å². The number of urea groups is 1. The van der Waals surface area contributed by atoms with Crippen molar-refractivity contribution >= 4 is 11.9 Å². The maximum atomic E-state index is 13.5. The first-order chi connectivity index (χ1) is 16.4. The quantitative estimate of drug-likeness (QED) is 0.678. The van der Waals surface area contributed by atoms with Gasteiger partial charge >= 0.3 is 6.03 Å². The first-order valence-corrected chi connectivity index (χ1v) is 13.0. The fraction of sp³-hybridized carbons (Fsp3) is 0.517. The van der Waals surface area contributed by atoms with Crippen molar-refractivity contribution in [1.29, 1.82) is 0 Å². The van der Waals surface area contributed by atoms with Gasteiger partial charge in [0.15, 0.2) is 0 Å². The van der Waals surface area contributed by atoms with E-state index in [1.165, 1.54) is 16.7 Å². The minimum atomic E-state index is -0.0781. The largest absolute Gasteiger partial charge is 0.335 e. The van der Waals surface area contributed by atoms with E-state index in [9.17, 15) is 9.59 Å². The van der Waals surface area contributed by atoms with Crippen molar-refractivity contribution in [3.8, 4) is 0 Å². The Labute approximate surface area is 203 Å². The number of rotatable bonds is 4. The molecule has 0 saturated carbocycles. The summed E-state index contributed by atoms with van der Waals surface area (Å²) in [6.45, 7) is 8.01. The van der Waals surface area contributed by atoms with Crippen LogP contribution in [0.4, 0.5) is 4.79 Å². The number of hydrogen-bond donors (Lipinski definition) is 1. The lowest BCUT2D eigenvalue weighted by Gasteiger charge is -2.51.